The average molecular weight is 1790 g/mol. The first-order chi connectivity index (χ1) is 64.1. The minimum absolute atomic E-state index is 0. The molecule has 11 aromatic carbocycles. The van der Waals surface area contributed by atoms with Gasteiger partial charge >= 0.3 is 5.95 Å². The highest BCUT2D eigenvalue weighted by Gasteiger charge is 2.37. The van der Waals surface area contributed by atoms with E-state index in [-0.39, 0.29) is 7.43 Å². The molecule has 0 saturated heterocycles. The molecule has 16 aromatic rings. The maximum atomic E-state index is 2.47. The molecule has 0 spiro atoms. The van der Waals surface area contributed by atoms with Crippen LogP contribution in [0.1, 0.15) is 249 Å². The van der Waals surface area contributed by atoms with Gasteiger partial charge in [0.15, 0.2) is 11.0 Å². The number of rotatable bonds is 5. The van der Waals surface area contributed by atoms with Crippen LogP contribution >= 0.6 is 0 Å². The molecule has 0 aliphatic carbocycles. The van der Waals surface area contributed by atoms with E-state index in [9.17, 15) is 0 Å². The van der Waals surface area contributed by atoms with Crippen molar-refractivity contribution >= 4 is 83.1 Å². The molecular weight excluding hydrogens is 1610 g/mol. The van der Waals surface area contributed by atoms with Gasteiger partial charge in [0.2, 0.25) is 0 Å². The van der Waals surface area contributed by atoms with Crippen molar-refractivity contribution in [2.75, 3.05) is 28.8 Å². The summed E-state index contributed by atoms with van der Waals surface area (Å²) in [4.78, 5) is 9.48. The Morgan fingerprint density at radius 3 is 1.19 bits per heavy atom. The Hall–Kier alpha value is -12.2. The number of fused-ring (bicyclic) bond motifs is 14. The van der Waals surface area contributed by atoms with Gasteiger partial charge in [-0.25, -0.2) is 18.3 Å². The topological polar surface area (TPSA) is 44.3 Å². The van der Waals surface area contributed by atoms with Crippen molar-refractivity contribution in [3.63, 3.8) is 0 Å². The number of pyridine rings is 1. The van der Waals surface area contributed by atoms with E-state index in [1.54, 1.807) is 0 Å². The molecule has 0 N–H and O–H groups in total. The van der Waals surface area contributed by atoms with Crippen LogP contribution in [0.4, 0.5) is 22.7 Å². The molecule has 11 heteroatoms. The lowest BCUT2D eigenvalue weighted by Crippen LogP contribution is -2.36. The van der Waals surface area contributed by atoms with E-state index in [0.29, 0.717) is 12.3 Å². The Balaban J connectivity index is 0.00000152. The van der Waals surface area contributed by atoms with Crippen molar-refractivity contribution in [1.29, 1.82) is 0 Å². The molecule has 0 fully saturated rings. The molecule has 714 valence electrons. The van der Waals surface area contributed by atoms with Crippen LogP contribution in [0, 0.1) is 34.6 Å². The van der Waals surface area contributed by atoms with Crippen LogP contribution < -0.4 is 28.4 Å². The van der Waals surface area contributed by atoms with Gasteiger partial charge in [-0.3, -0.25) is 0 Å². The standard InChI is InChI=1S/C21H19N2.C19H17N2.C18H18N3.C18H18N2.C16H18N2.14C2H6.CH4/c1-16-10-6-7-13-18(16)21-22(2)19-14-8-9-15-20(19)23(21)17-11-4-3-5-12-17;1-14-8-7-10-16-15-9-3-4-11-17(15)21(19(14)16)18-12-5-6-13-20(18)2;1-13-7-6-9-15-14-8-4-5-10-16(14)21(17(13)15)18-19(2)11-12-20(18)3;1-12-7-6-10-16-14-8-4-5-9-15(14)17-11-19(3)13(2)20(17)18(12)16;1-12-8-4-5-9-14(12)18-13(2)17(3)15-10-6-7-11-16(15)18;14*1-2;/h3-15H,1-2H3;3-13H,1-2H3;4-12H,1-3H3;4-11,13H,1-3H3;4-11,13H,1-3H3;14*1-2H3;1H4/q3*+1;;;;;;;;;;;;;;;;;/t;;;2*13-;;;;;;;;;;;;;;;/m...00.............../s1. The fraction of sp³-hybridized carbons (Fsp3) is 0.364. The molecule has 0 saturated carbocycles. The third-order valence-electron chi connectivity index (χ3n) is 21.2. The lowest BCUT2D eigenvalue weighted by molar-refractivity contribution is -0.665. The van der Waals surface area contributed by atoms with E-state index in [1.807, 2.05) is 194 Å². The van der Waals surface area contributed by atoms with Crippen LogP contribution in [0.15, 0.2) is 298 Å². The Morgan fingerprint density at radius 1 is 0.288 bits per heavy atom. The molecule has 3 aliphatic rings. The van der Waals surface area contributed by atoms with E-state index in [0.717, 1.165) is 5.95 Å². The van der Waals surface area contributed by atoms with E-state index in [4.69, 9.17) is 0 Å². The molecule has 5 aromatic heterocycles. The van der Waals surface area contributed by atoms with Gasteiger partial charge < -0.3 is 19.6 Å². The van der Waals surface area contributed by atoms with Gasteiger partial charge in [0.05, 0.1) is 75.1 Å². The summed E-state index contributed by atoms with van der Waals surface area (Å²) in [5.41, 5.74) is 27.1. The zero-order valence-corrected chi connectivity index (χ0v) is 89.4. The maximum Gasteiger partial charge on any atom is 0.369 e. The second-order valence-electron chi connectivity index (χ2n) is 27.6. The Kier molecular flexibility index (Phi) is 58.6. The number of anilines is 4. The molecule has 19 rings (SSSR count). The molecule has 0 amide bonds. The van der Waals surface area contributed by atoms with E-state index >= 15 is 0 Å². The molecular formula is C121H178N11+3. The lowest BCUT2D eigenvalue weighted by Gasteiger charge is -2.36. The Labute approximate surface area is 805 Å². The number of benzene rings is 11. The third kappa shape index (κ3) is 27.3. The highest BCUT2D eigenvalue weighted by Crippen LogP contribution is 2.50. The highest BCUT2D eigenvalue weighted by molar-refractivity contribution is 6.11. The van der Waals surface area contributed by atoms with Gasteiger partial charge in [0, 0.05) is 64.7 Å². The molecule has 11 nitrogen and oxygen atoms in total. The molecule has 8 heterocycles. The normalized spacial score (nSPS) is 11.6. The number of aromatic nitrogens is 7. The summed E-state index contributed by atoms with van der Waals surface area (Å²) in [7, 11) is 12.7. The molecule has 0 radical (unpaired) electrons. The van der Waals surface area contributed by atoms with Crippen molar-refractivity contribution in [1.82, 2.24) is 23.2 Å². The van der Waals surface area contributed by atoms with Gasteiger partial charge in [0.25, 0.3) is 11.6 Å². The largest absolute Gasteiger partial charge is 0.369 e. The van der Waals surface area contributed by atoms with E-state index in [1.165, 1.54) is 150 Å². The van der Waals surface area contributed by atoms with Crippen LogP contribution in [0.2, 0.25) is 0 Å². The van der Waals surface area contributed by atoms with Gasteiger partial charge in [-0.15, -0.1) is 0 Å². The first-order valence-corrected chi connectivity index (χ1v) is 49.7. The summed E-state index contributed by atoms with van der Waals surface area (Å²) in [5.74, 6) is 3.55. The predicted octanol–water partition coefficient (Wildman–Crippen LogP) is 34.6. The van der Waals surface area contributed by atoms with Crippen LogP contribution in [-0.2, 0) is 28.2 Å². The number of nitrogens with zero attached hydrogens (tertiary/aromatic N) is 11. The van der Waals surface area contributed by atoms with Gasteiger partial charge in [-0.05, 0) is 161 Å². The first kappa shape index (κ1) is 120. The zero-order chi connectivity index (χ0) is 99.3. The zero-order valence-electron chi connectivity index (χ0n) is 89.4. The van der Waals surface area contributed by atoms with Crippen LogP contribution in [-0.4, -0.2) is 49.6 Å². The first-order valence-electron chi connectivity index (χ1n) is 49.7. The molecule has 3 aliphatic heterocycles. The van der Waals surface area contributed by atoms with Crippen LogP contribution in [0.3, 0.4) is 0 Å². The third-order valence-corrected chi connectivity index (χ3v) is 21.2. The van der Waals surface area contributed by atoms with Crippen molar-refractivity contribution < 1.29 is 13.7 Å². The number of hydrogen-bond acceptors (Lipinski definition) is 4. The van der Waals surface area contributed by atoms with E-state index in [2.05, 4.69) is 440 Å². The van der Waals surface area contributed by atoms with Crippen LogP contribution in [0.25, 0.3) is 100 Å². The Bertz CT molecular complexity index is 5870. The summed E-state index contributed by atoms with van der Waals surface area (Å²) in [6, 6.07) is 96.8. The number of imidazole rings is 2. The molecule has 0 unspecified atom stereocenters. The number of hydrogen-bond donors (Lipinski definition) is 0. The quantitative estimate of drug-likeness (QED) is 0.161. The van der Waals surface area contributed by atoms with Crippen molar-refractivity contribution in [3.8, 4) is 40.0 Å². The second-order valence-corrected chi connectivity index (χ2v) is 27.6. The molecule has 0 bridgehead atoms. The minimum atomic E-state index is 0. The number of para-hydroxylation sites is 11. The van der Waals surface area contributed by atoms with Crippen molar-refractivity contribution in [2.45, 2.75) is 262 Å². The van der Waals surface area contributed by atoms with Gasteiger partial charge in [0.1, 0.15) is 40.1 Å². The SMILES string of the molecule is C.CC.CC.CC.CC.CC.CC.CC.CC.CC.CC.CC.CC.CC.CC.Cc1cccc2c1N1C(=CN(C)[C@@H]1C)c1ccccc1-2.Cc1cccc2c3ccccc3n(-c3cccc[n+]3C)c12.Cc1cccc2c3ccccc3n(-c3n(C)cc[n+]3C)c12.Cc1ccccc1-c1n(-c2ccccc2)c2ccccc2[n+]1C.Cc1ccccc1N1c2ccccc2N(C)[C@@H]1C. The summed E-state index contributed by atoms with van der Waals surface area (Å²) >= 11 is 0. The summed E-state index contributed by atoms with van der Waals surface area (Å²) in [5, 5.41) is 5.23. The summed E-state index contributed by atoms with van der Waals surface area (Å²) in [6.07, 6.45) is 9.25. The highest BCUT2D eigenvalue weighted by atomic mass is 15.4. The predicted molar refractivity (Wildman–Crippen MR) is 595 cm³/mol. The summed E-state index contributed by atoms with van der Waals surface area (Å²) in [6.45, 7) is 71.4. The smallest absolute Gasteiger partial charge is 0.358 e. The molecule has 2 atom stereocenters. The average Bonchev–Trinajstić information content (AvgIpc) is 1.54. The van der Waals surface area contributed by atoms with Crippen molar-refractivity contribution in [3.05, 3.63) is 331 Å². The minimum Gasteiger partial charge on any atom is -0.358 e. The fourth-order valence-corrected chi connectivity index (χ4v) is 15.8. The van der Waals surface area contributed by atoms with Crippen molar-refractivity contribution in [2.24, 2.45) is 28.2 Å². The lowest BCUT2D eigenvalue weighted by atomic mass is 9.90. The summed E-state index contributed by atoms with van der Waals surface area (Å²) < 4.78 is 15.8. The fourth-order valence-electron chi connectivity index (χ4n) is 15.8. The van der Waals surface area contributed by atoms with Gasteiger partial charge in [-0.2, -0.15) is 13.7 Å². The monoisotopic (exact) mass is 1790 g/mol. The molecule has 132 heavy (non-hydrogen) atoms. The number of aryl methyl sites for hydroxylation is 9. The second kappa shape index (κ2) is 64.6. The Morgan fingerprint density at radius 2 is 0.682 bits per heavy atom. The van der Waals surface area contributed by atoms with Crippen LogP contribution in [0.5, 0.6) is 0 Å². The maximum absolute atomic E-state index is 2.47. The van der Waals surface area contributed by atoms with Gasteiger partial charge in [-0.1, -0.05) is 389 Å². The van der Waals surface area contributed by atoms with E-state index < -0.39 is 0 Å².